The highest BCUT2D eigenvalue weighted by atomic mass is 35.5. The molecule has 1 rings (SSSR count). The zero-order valence-corrected chi connectivity index (χ0v) is 10.9. The predicted molar refractivity (Wildman–Crippen MR) is 70.0 cm³/mol. The summed E-state index contributed by atoms with van der Waals surface area (Å²) < 4.78 is 0. The van der Waals surface area contributed by atoms with Crippen molar-refractivity contribution in [1.29, 1.82) is 0 Å². The number of nitro benzene ring substituents is 1. The van der Waals surface area contributed by atoms with Gasteiger partial charge in [-0.3, -0.25) is 14.9 Å². The maximum absolute atomic E-state index is 11.7. The topological polar surface area (TPSA) is 72.2 Å². The number of carbonyl (C=O) groups excluding carboxylic acids is 1. The number of non-ortho nitro benzene ring substituents is 1. The lowest BCUT2D eigenvalue weighted by molar-refractivity contribution is -0.384. The molecule has 0 saturated carbocycles. The second-order valence-electron chi connectivity index (χ2n) is 3.88. The summed E-state index contributed by atoms with van der Waals surface area (Å²) in [7, 11) is 0. The molecule has 0 aliphatic rings. The number of benzene rings is 1. The van der Waals surface area contributed by atoms with Crippen LogP contribution in [0.15, 0.2) is 18.2 Å². The van der Waals surface area contributed by atoms with Crippen LogP contribution in [-0.2, 0) is 0 Å². The fourth-order valence-corrected chi connectivity index (χ4v) is 1.73. The van der Waals surface area contributed by atoms with E-state index in [1.54, 1.807) is 0 Å². The molecule has 98 valence electrons. The zero-order valence-electron chi connectivity index (χ0n) is 10.1. The van der Waals surface area contributed by atoms with Gasteiger partial charge in [-0.15, -0.1) is 0 Å². The molecule has 0 spiro atoms. The summed E-state index contributed by atoms with van der Waals surface area (Å²) >= 11 is 5.84. The second-order valence-corrected chi connectivity index (χ2v) is 4.29. The molecule has 0 fully saturated rings. The van der Waals surface area contributed by atoms with Gasteiger partial charge in [0.2, 0.25) is 0 Å². The maximum Gasteiger partial charge on any atom is 0.270 e. The van der Waals surface area contributed by atoms with Crippen LogP contribution in [0.4, 0.5) is 5.69 Å². The first-order valence-corrected chi connectivity index (χ1v) is 6.16. The summed E-state index contributed by atoms with van der Waals surface area (Å²) in [6.07, 6.45) is 3.04. The Bertz CT molecular complexity index is 449. The molecule has 0 atom stereocenters. The molecular weight excluding hydrogens is 256 g/mol. The number of hydrogen-bond acceptors (Lipinski definition) is 3. The third-order valence-electron chi connectivity index (χ3n) is 2.47. The van der Waals surface area contributed by atoms with E-state index in [1.165, 1.54) is 18.2 Å². The van der Waals surface area contributed by atoms with Crippen molar-refractivity contribution in [3.05, 3.63) is 38.9 Å². The average molecular weight is 271 g/mol. The predicted octanol–water partition coefficient (Wildman–Crippen LogP) is 3.17. The Balaban J connectivity index is 2.66. The standard InChI is InChI=1S/C12H15ClN2O3/c1-2-3-4-7-14-12(16)10-6-5-9(15(17)18)8-11(10)13/h5-6,8H,2-4,7H2,1H3,(H,14,16). The summed E-state index contributed by atoms with van der Waals surface area (Å²) in [6.45, 7) is 2.66. The summed E-state index contributed by atoms with van der Waals surface area (Å²) in [5.41, 5.74) is 0.140. The van der Waals surface area contributed by atoms with Gasteiger partial charge in [-0.2, -0.15) is 0 Å². The molecular formula is C12H15ClN2O3. The Hall–Kier alpha value is -1.62. The number of nitrogens with zero attached hydrogens (tertiary/aromatic N) is 1. The molecule has 1 amide bonds. The monoisotopic (exact) mass is 270 g/mol. The lowest BCUT2D eigenvalue weighted by Gasteiger charge is -2.06. The fourth-order valence-electron chi connectivity index (χ4n) is 1.47. The number of carbonyl (C=O) groups is 1. The lowest BCUT2D eigenvalue weighted by atomic mass is 10.2. The maximum atomic E-state index is 11.7. The molecule has 18 heavy (non-hydrogen) atoms. The van der Waals surface area contributed by atoms with Crippen LogP contribution in [0, 0.1) is 10.1 Å². The molecule has 0 bridgehead atoms. The minimum Gasteiger partial charge on any atom is -0.352 e. The quantitative estimate of drug-likeness (QED) is 0.490. The van der Waals surface area contributed by atoms with Gasteiger partial charge in [0.15, 0.2) is 0 Å². The largest absolute Gasteiger partial charge is 0.352 e. The second kappa shape index (κ2) is 6.96. The molecule has 0 heterocycles. The number of nitrogens with one attached hydrogen (secondary N) is 1. The summed E-state index contributed by atoms with van der Waals surface area (Å²) in [5.74, 6) is -0.300. The zero-order chi connectivity index (χ0) is 13.5. The Labute approximate surface area is 110 Å². The fraction of sp³-hybridized carbons (Fsp3) is 0.417. The van der Waals surface area contributed by atoms with E-state index in [0.717, 1.165) is 19.3 Å². The summed E-state index contributed by atoms with van der Waals surface area (Å²) in [6, 6.07) is 3.82. The van der Waals surface area contributed by atoms with Crippen LogP contribution in [0.1, 0.15) is 36.5 Å². The van der Waals surface area contributed by atoms with Crippen LogP contribution in [0.3, 0.4) is 0 Å². The van der Waals surface area contributed by atoms with Crippen LogP contribution in [0.2, 0.25) is 5.02 Å². The van der Waals surface area contributed by atoms with Crippen molar-refractivity contribution < 1.29 is 9.72 Å². The van der Waals surface area contributed by atoms with E-state index in [4.69, 9.17) is 11.6 Å². The molecule has 0 aliphatic carbocycles. The van der Waals surface area contributed by atoms with E-state index in [-0.39, 0.29) is 22.2 Å². The average Bonchev–Trinajstić information content (AvgIpc) is 2.34. The first-order valence-electron chi connectivity index (χ1n) is 5.78. The Morgan fingerprint density at radius 1 is 1.44 bits per heavy atom. The van der Waals surface area contributed by atoms with E-state index in [1.807, 2.05) is 0 Å². The minimum absolute atomic E-state index is 0.0946. The number of halogens is 1. The van der Waals surface area contributed by atoms with E-state index in [2.05, 4.69) is 12.2 Å². The minimum atomic E-state index is -0.547. The van der Waals surface area contributed by atoms with Gasteiger partial charge in [0.1, 0.15) is 0 Å². The van der Waals surface area contributed by atoms with Gasteiger partial charge >= 0.3 is 0 Å². The highest BCUT2D eigenvalue weighted by molar-refractivity contribution is 6.34. The Kier molecular flexibility index (Phi) is 5.58. The van der Waals surface area contributed by atoms with Gasteiger partial charge in [-0.1, -0.05) is 31.4 Å². The molecule has 1 aromatic carbocycles. The van der Waals surface area contributed by atoms with Crippen molar-refractivity contribution in [2.45, 2.75) is 26.2 Å². The molecule has 0 saturated heterocycles. The smallest absolute Gasteiger partial charge is 0.270 e. The van der Waals surface area contributed by atoms with Crippen LogP contribution in [-0.4, -0.2) is 17.4 Å². The molecule has 5 nitrogen and oxygen atoms in total. The van der Waals surface area contributed by atoms with Gasteiger partial charge in [-0.25, -0.2) is 0 Å². The lowest BCUT2D eigenvalue weighted by Crippen LogP contribution is -2.24. The number of rotatable bonds is 6. The summed E-state index contributed by atoms with van der Waals surface area (Å²) in [5, 5.41) is 13.3. The van der Waals surface area contributed by atoms with Gasteiger partial charge in [-0.05, 0) is 12.5 Å². The number of amides is 1. The normalized spacial score (nSPS) is 10.1. The Morgan fingerprint density at radius 2 is 2.17 bits per heavy atom. The van der Waals surface area contributed by atoms with Crippen LogP contribution < -0.4 is 5.32 Å². The number of nitro groups is 1. The van der Waals surface area contributed by atoms with Gasteiger partial charge in [0.05, 0.1) is 15.5 Å². The van der Waals surface area contributed by atoms with Crippen molar-refractivity contribution >= 4 is 23.2 Å². The van der Waals surface area contributed by atoms with Gasteiger partial charge < -0.3 is 5.32 Å². The van der Waals surface area contributed by atoms with Crippen LogP contribution in [0.5, 0.6) is 0 Å². The van der Waals surface area contributed by atoms with Gasteiger partial charge in [0, 0.05) is 18.7 Å². The molecule has 0 aromatic heterocycles. The highest BCUT2D eigenvalue weighted by Gasteiger charge is 2.14. The molecule has 1 aromatic rings. The van der Waals surface area contributed by atoms with Crippen LogP contribution in [0.25, 0.3) is 0 Å². The van der Waals surface area contributed by atoms with Crippen molar-refractivity contribution in [1.82, 2.24) is 5.32 Å². The number of unbranched alkanes of at least 4 members (excludes halogenated alkanes) is 2. The third kappa shape index (κ3) is 4.00. The van der Waals surface area contributed by atoms with Crippen molar-refractivity contribution in [2.24, 2.45) is 0 Å². The van der Waals surface area contributed by atoms with E-state index in [9.17, 15) is 14.9 Å². The van der Waals surface area contributed by atoms with Crippen LogP contribution >= 0.6 is 11.6 Å². The molecule has 1 N–H and O–H groups in total. The molecule has 6 heteroatoms. The Morgan fingerprint density at radius 3 is 2.72 bits per heavy atom. The van der Waals surface area contributed by atoms with Crippen molar-refractivity contribution in [3.8, 4) is 0 Å². The van der Waals surface area contributed by atoms with E-state index < -0.39 is 4.92 Å². The molecule has 0 aliphatic heterocycles. The van der Waals surface area contributed by atoms with Crippen molar-refractivity contribution in [2.75, 3.05) is 6.54 Å². The SMILES string of the molecule is CCCCCNC(=O)c1ccc([N+](=O)[O-])cc1Cl. The van der Waals surface area contributed by atoms with Gasteiger partial charge in [0.25, 0.3) is 11.6 Å². The summed E-state index contributed by atoms with van der Waals surface area (Å²) in [4.78, 5) is 21.7. The first kappa shape index (κ1) is 14.4. The van der Waals surface area contributed by atoms with E-state index in [0.29, 0.717) is 6.54 Å². The number of hydrogen-bond donors (Lipinski definition) is 1. The highest BCUT2D eigenvalue weighted by Crippen LogP contribution is 2.22. The molecule has 0 radical (unpaired) electrons. The van der Waals surface area contributed by atoms with E-state index >= 15 is 0 Å². The van der Waals surface area contributed by atoms with Crippen molar-refractivity contribution in [3.63, 3.8) is 0 Å². The molecule has 0 unspecified atom stereocenters. The first-order chi connectivity index (χ1) is 8.56. The third-order valence-corrected chi connectivity index (χ3v) is 2.79.